The summed E-state index contributed by atoms with van der Waals surface area (Å²) >= 11 is 0. The second-order valence-electron chi connectivity index (χ2n) is 5.01. The van der Waals surface area contributed by atoms with Crippen molar-refractivity contribution in [2.45, 2.75) is 6.54 Å². The Morgan fingerprint density at radius 3 is 2.68 bits per heavy atom. The lowest BCUT2D eigenvalue weighted by atomic mass is 10.3. The minimum atomic E-state index is 0.0667. The van der Waals surface area contributed by atoms with Gasteiger partial charge in [0.1, 0.15) is 38.5 Å². The number of aliphatic hydroxyl groups is 1. The summed E-state index contributed by atoms with van der Waals surface area (Å²) in [6.45, 7) is 6.08. The van der Waals surface area contributed by atoms with Gasteiger partial charge in [0.2, 0.25) is 0 Å². The van der Waals surface area contributed by atoms with Crippen LogP contribution >= 0.6 is 0 Å². The van der Waals surface area contributed by atoms with Gasteiger partial charge in [-0.05, 0) is 12.1 Å². The number of nitrogens with one attached hydrogen (secondary N) is 3. The molecule has 0 bridgehead atoms. The van der Waals surface area contributed by atoms with Crippen molar-refractivity contribution in [3.05, 3.63) is 24.2 Å². The summed E-state index contributed by atoms with van der Waals surface area (Å²) in [5.41, 5.74) is 0. The predicted octanol–water partition coefficient (Wildman–Crippen LogP) is -3.33. The maximum absolute atomic E-state index is 11.8. The van der Waals surface area contributed by atoms with E-state index in [9.17, 15) is 4.79 Å². The molecule has 2 heterocycles. The summed E-state index contributed by atoms with van der Waals surface area (Å²) < 4.78 is 5.17. The number of piperazine rings is 1. The highest BCUT2D eigenvalue weighted by atomic mass is 16.3. The first-order valence-corrected chi connectivity index (χ1v) is 6.85. The van der Waals surface area contributed by atoms with Crippen molar-refractivity contribution in [2.75, 3.05) is 45.9 Å². The molecule has 6 heteroatoms. The molecule has 0 atom stereocenters. The first kappa shape index (κ1) is 14.0. The molecule has 0 spiro atoms. The Labute approximate surface area is 113 Å². The molecule has 0 radical (unpaired) electrons. The molecule has 0 saturated carbocycles. The van der Waals surface area contributed by atoms with E-state index in [1.54, 1.807) is 6.26 Å². The Kier molecular flexibility index (Phi) is 5.38. The van der Waals surface area contributed by atoms with Crippen LogP contribution < -0.4 is 15.1 Å². The number of hydrogen-bond donors (Lipinski definition) is 4. The van der Waals surface area contributed by atoms with Crippen molar-refractivity contribution in [1.82, 2.24) is 5.32 Å². The Morgan fingerprint density at radius 2 is 2.05 bits per heavy atom. The van der Waals surface area contributed by atoms with Crippen molar-refractivity contribution < 1.29 is 24.1 Å². The van der Waals surface area contributed by atoms with E-state index >= 15 is 0 Å². The van der Waals surface area contributed by atoms with Crippen molar-refractivity contribution in [1.29, 1.82) is 0 Å². The van der Waals surface area contributed by atoms with Crippen LogP contribution in [0.1, 0.15) is 5.76 Å². The average molecular weight is 269 g/mol. The number of carbonyl (C=O) groups excluding carboxylic acids is 1. The zero-order chi connectivity index (χ0) is 13.5. The molecule has 2 rings (SSSR count). The number of hydrogen-bond acceptors (Lipinski definition) is 3. The van der Waals surface area contributed by atoms with Gasteiger partial charge in [0.25, 0.3) is 5.91 Å². The summed E-state index contributed by atoms with van der Waals surface area (Å²) in [7, 11) is 0. The van der Waals surface area contributed by atoms with Crippen molar-refractivity contribution in [3.8, 4) is 0 Å². The molecule has 1 aliphatic heterocycles. The lowest BCUT2D eigenvalue weighted by Gasteiger charge is -2.28. The fourth-order valence-electron chi connectivity index (χ4n) is 2.43. The summed E-state index contributed by atoms with van der Waals surface area (Å²) in [5.74, 6) is 0.845. The average Bonchev–Trinajstić information content (AvgIpc) is 2.92. The van der Waals surface area contributed by atoms with Crippen LogP contribution in [0.4, 0.5) is 0 Å². The standard InChI is InChI=1S/C13H21N3O3/c17-8-7-15-3-5-16(6-4-15)11-13(18)14-10-12-2-1-9-19-12/h1-2,9,17H,3-8,10-11H2,(H,14,18)/p+2. The molecule has 1 amide bonds. The molecule has 6 nitrogen and oxygen atoms in total. The summed E-state index contributed by atoms with van der Waals surface area (Å²) in [6, 6.07) is 3.67. The molecule has 0 aliphatic carbocycles. The van der Waals surface area contributed by atoms with Crippen LogP contribution in [0.25, 0.3) is 0 Å². The molecular weight excluding hydrogens is 246 g/mol. The highest BCUT2D eigenvalue weighted by Crippen LogP contribution is 1.97. The van der Waals surface area contributed by atoms with Crippen LogP contribution in [-0.2, 0) is 11.3 Å². The molecule has 0 aromatic carbocycles. The van der Waals surface area contributed by atoms with Crippen molar-refractivity contribution >= 4 is 5.91 Å². The third kappa shape index (κ3) is 4.66. The number of aliphatic hydroxyl groups excluding tert-OH is 1. The first-order valence-electron chi connectivity index (χ1n) is 6.85. The Balaban J connectivity index is 1.63. The predicted molar refractivity (Wildman–Crippen MR) is 68.8 cm³/mol. The third-order valence-electron chi connectivity index (χ3n) is 3.58. The van der Waals surface area contributed by atoms with Gasteiger partial charge in [-0.1, -0.05) is 0 Å². The van der Waals surface area contributed by atoms with Crippen LogP contribution in [0.5, 0.6) is 0 Å². The van der Waals surface area contributed by atoms with Gasteiger partial charge in [-0.3, -0.25) is 4.79 Å². The van der Waals surface area contributed by atoms with Gasteiger partial charge in [-0.2, -0.15) is 0 Å². The Morgan fingerprint density at radius 1 is 1.32 bits per heavy atom. The third-order valence-corrected chi connectivity index (χ3v) is 3.58. The van der Waals surface area contributed by atoms with Gasteiger partial charge in [-0.15, -0.1) is 0 Å². The lowest BCUT2D eigenvalue weighted by molar-refractivity contribution is -1.01. The minimum absolute atomic E-state index is 0.0667. The highest BCUT2D eigenvalue weighted by Gasteiger charge is 2.24. The summed E-state index contributed by atoms with van der Waals surface area (Å²) in [6.07, 6.45) is 1.61. The monoisotopic (exact) mass is 269 g/mol. The number of furan rings is 1. The number of carbonyl (C=O) groups is 1. The van der Waals surface area contributed by atoms with E-state index in [0.717, 1.165) is 38.5 Å². The van der Waals surface area contributed by atoms with Crippen LogP contribution in [0.15, 0.2) is 22.8 Å². The van der Waals surface area contributed by atoms with E-state index in [4.69, 9.17) is 9.52 Å². The van der Waals surface area contributed by atoms with Crippen molar-refractivity contribution in [3.63, 3.8) is 0 Å². The number of amides is 1. The first-order chi connectivity index (χ1) is 9.28. The smallest absolute Gasteiger partial charge is 0.275 e. The lowest BCUT2D eigenvalue weighted by Crippen LogP contribution is -3.28. The van der Waals surface area contributed by atoms with Crippen LogP contribution in [0.2, 0.25) is 0 Å². The maximum atomic E-state index is 11.8. The molecule has 0 unspecified atom stereocenters. The molecule has 1 saturated heterocycles. The van der Waals surface area contributed by atoms with E-state index in [0.29, 0.717) is 13.1 Å². The molecule has 1 aromatic rings. The Bertz CT molecular complexity index is 372. The second kappa shape index (κ2) is 7.28. The molecule has 1 aromatic heterocycles. The molecule has 4 N–H and O–H groups in total. The molecule has 19 heavy (non-hydrogen) atoms. The summed E-state index contributed by atoms with van der Waals surface area (Å²) in [4.78, 5) is 14.5. The van der Waals surface area contributed by atoms with E-state index in [1.807, 2.05) is 12.1 Å². The van der Waals surface area contributed by atoms with E-state index in [-0.39, 0.29) is 12.5 Å². The largest absolute Gasteiger partial charge is 0.467 e. The topological polar surface area (TPSA) is 71.4 Å². The number of quaternary nitrogens is 2. The fourth-order valence-corrected chi connectivity index (χ4v) is 2.43. The molecule has 1 fully saturated rings. The highest BCUT2D eigenvalue weighted by molar-refractivity contribution is 5.76. The molecule has 106 valence electrons. The van der Waals surface area contributed by atoms with Gasteiger partial charge in [0, 0.05) is 0 Å². The van der Waals surface area contributed by atoms with Gasteiger partial charge in [0.15, 0.2) is 6.54 Å². The van der Waals surface area contributed by atoms with Gasteiger partial charge in [-0.25, -0.2) is 0 Å². The van der Waals surface area contributed by atoms with Crippen LogP contribution in [0, 0.1) is 0 Å². The van der Waals surface area contributed by atoms with E-state index in [1.165, 1.54) is 9.80 Å². The van der Waals surface area contributed by atoms with Gasteiger partial charge < -0.3 is 24.6 Å². The fraction of sp³-hybridized carbons (Fsp3) is 0.615. The minimum Gasteiger partial charge on any atom is -0.467 e. The second-order valence-corrected chi connectivity index (χ2v) is 5.01. The molecule has 1 aliphatic rings. The SMILES string of the molecule is O=C(C[NH+]1CC[NH+](CCO)CC1)NCc1ccco1. The van der Waals surface area contributed by atoms with E-state index in [2.05, 4.69) is 5.32 Å². The summed E-state index contributed by atoms with van der Waals surface area (Å²) in [5, 5.41) is 11.8. The van der Waals surface area contributed by atoms with Gasteiger partial charge >= 0.3 is 0 Å². The zero-order valence-electron chi connectivity index (χ0n) is 11.2. The molecular formula is C13H23N3O3+2. The quantitative estimate of drug-likeness (QED) is 0.437. The van der Waals surface area contributed by atoms with Crippen LogP contribution in [0.3, 0.4) is 0 Å². The number of rotatable bonds is 6. The van der Waals surface area contributed by atoms with Crippen LogP contribution in [-0.4, -0.2) is 56.9 Å². The normalized spacial score (nSPS) is 23.2. The van der Waals surface area contributed by atoms with E-state index < -0.39 is 0 Å². The Hall–Kier alpha value is -1.37. The van der Waals surface area contributed by atoms with Crippen molar-refractivity contribution in [2.24, 2.45) is 0 Å². The van der Waals surface area contributed by atoms with Gasteiger partial charge in [0.05, 0.1) is 19.4 Å². The maximum Gasteiger partial charge on any atom is 0.275 e. The zero-order valence-corrected chi connectivity index (χ0v) is 11.2.